The monoisotopic (exact) mass is 317 g/mol. The zero-order valence-electron chi connectivity index (χ0n) is 11.5. The van der Waals surface area contributed by atoms with Crippen LogP contribution in [0.5, 0.6) is 0 Å². The van der Waals surface area contributed by atoms with E-state index in [0.29, 0.717) is 11.7 Å². The molecule has 2 bridgehead atoms. The molecule has 0 aromatic carbocycles. The van der Waals surface area contributed by atoms with Crippen molar-refractivity contribution in [2.45, 2.75) is 18.9 Å². The van der Waals surface area contributed by atoms with Gasteiger partial charge in [0.15, 0.2) is 5.17 Å². The number of aliphatic imine (C=N–C) groups is 1. The molecule has 1 aromatic rings. The smallest absolute Gasteiger partial charge is 0.239 e. The molecule has 21 heavy (non-hydrogen) atoms. The van der Waals surface area contributed by atoms with E-state index in [4.69, 9.17) is 4.99 Å². The fourth-order valence-corrected chi connectivity index (χ4v) is 5.59. The predicted octanol–water partition coefficient (Wildman–Crippen LogP) is 2.67. The summed E-state index contributed by atoms with van der Waals surface area (Å²) in [6.07, 6.45) is 2.43. The lowest BCUT2D eigenvalue weighted by molar-refractivity contribution is -0.125. The number of amidine groups is 1. The van der Waals surface area contributed by atoms with Gasteiger partial charge in [-0.15, -0.1) is 11.3 Å². The van der Waals surface area contributed by atoms with E-state index < -0.39 is 0 Å². The first kappa shape index (κ1) is 12.3. The van der Waals surface area contributed by atoms with Crippen molar-refractivity contribution in [2.75, 3.05) is 18.8 Å². The lowest BCUT2D eigenvalue weighted by Gasteiger charge is -2.48. The molecular weight excluding hydrogens is 302 g/mol. The van der Waals surface area contributed by atoms with Gasteiger partial charge in [-0.05, 0) is 24.3 Å². The second-order valence-electron chi connectivity index (χ2n) is 5.90. The third kappa shape index (κ3) is 1.63. The number of piperidine rings is 1. The second-order valence-corrected chi connectivity index (χ2v) is 7.82. The molecule has 5 aliphatic rings. The summed E-state index contributed by atoms with van der Waals surface area (Å²) in [7, 11) is 0. The molecule has 5 aliphatic heterocycles. The molecule has 6 rings (SSSR count). The first-order valence-corrected chi connectivity index (χ1v) is 9.25. The highest BCUT2D eigenvalue weighted by molar-refractivity contribution is 8.15. The summed E-state index contributed by atoms with van der Waals surface area (Å²) in [5.41, 5.74) is 2.57. The molecular formula is C15H15N3OS2. The lowest BCUT2D eigenvalue weighted by Crippen LogP contribution is -2.49. The fourth-order valence-electron chi connectivity index (χ4n) is 3.87. The number of fused-ring (bicyclic) bond motifs is 3. The molecule has 0 saturated carbocycles. The highest BCUT2D eigenvalue weighted by Crippen LogP contribution is 2.49. The van der Waals surface area contributed by atoms with Crippen molar-refractivity contribution in [3.8, 4) is 0 Å². The van der Waals surface area contributed by atoms with Gasteiger partial charge in [0.05, 0.1) is 17.1 Å². The quantitative estimate of drug-likeness (QED) is 0.799. The number of thioether (sulfide) groups is 1. The van der Waals surface area contributed by atoms with E-state index in [1.807, 2.05) is 4.90 Å². The molecule has 2 fully saturated rings. The van der Waals surface area contributed by atoms with E-state index >= 15 is 0 Å². The van der Waals surface area contributed by atoms with Gasteiger partial charge in [-0.2, -0.15) is 0 Å². The van der Waals surface area contributed by atoms with E-state index in [1.165, 1.54) is 29.1 Å². The number of hydrogen-bond acceptors (Lipinski definition) is 5. The molecule has 6 heterocycles. The summed E-state index contributed by atoms with van der Waals surface area (Å²) in [5, 5.41) is 3.02. The number of amides is 1. The Morgan fingerprint density at radius 2 is 2.14 bits per heavy atom. The zero-order valence-corrected chi connectivity index (χ0v) is 13.1. The molecule has 0 N–H and O–H groups in total. The summed E-state index contributed by atoms with van der Waals surface area (Å²) in [6.45, 7) is 2.23. The number of nitrogens with zero attached hydrogens (tertiary/aromatic N) is 3. The third-order valence-electron chi connectivity index (χ3n) is 4.83. The molecule has 1 aromatic heterocycles. The number of carbonyl (C=O) groups excluding carboxylic acids is 1. The third-order valence-corrected chi connectivity index (χ3v) is 6.69. The van der Waals surface area contributed by atoms with Gasteiger partial charge in [0.25, 0.3) is 0 Å². The zero-order chi connectivity index (χ0) is 14.0. The van der Waals surface area contributed by atoms with Crippen LogP contribution >= 0.6 is 23.1 Å². The van der Waals surface area contributed by atoms with Crippen LogP contribution in [0, 0.1) is 5.92 Å². The Kier molecular flexibility index (Phi) is 2.55. The van der Waals surface area contributed by atoms with E-state index in [2.05, 4.69) is 22.4 Å². The van der Waals surface area contributed by atoms with Crippen LogP contribution < -0.4 is 0 Å². The Labute approximate surface area is 131 Å². The maximum Gasteiger partial charge on any atom is 0.239 e. The van der Waals surface area contributed by atoms with Gasteiger partial charge in [-0.25, -0.2) is 4.99 Å². The van der Waals surface area contributed by atoms with Gasteiger partial charge < -0.3 is 4.90 Å². The van der Waals surface area contributed by atoms with Gasteiger partial charge in [-0.1, -0.05) is 17.8 Å². The van der Waals surface area contributed by atoms with Crippen LogP contribution in [0.15, 0.2) is 33.9 Å². The maximum atomic E-state index is 12.4. The van der Waals surface area contributed by atoms with Crippen molar-refractivity contribution in [1.29, 1.82) is 0 Å². The number of rotatable bonds is 1. The molecule has 1 amide bonds. The Morgan fingerprint density at radius 3 is 2.90 bits per heavy atom. The summed E-state index contributed by atoms with van der Waals surface area (Å²) in [5.74, 6) is 1.33. The predicted molar refractivity (Wildman–Crippen MR) is 85.1 cm³/mol. The summed E-state index contributed by atoms with van der Waals surface area (Å²) in [6, 6.07) is 4.30. The number of thiophene rings is 1. The molecule has 1 atom stereocenters. The Hall–Kier alpha value is -1.27. The van der Waals surface area contributed by atoms with E-state index in [1.54, 1.807) is 23.1 Å². The normalized spacial score (nSPS) is 28.1. The largest absolute Gasteiger partial charge is 0.371 e. The average molecular weight is 317 g/mol. The average Bonchev–Trinajstić information content (AvgIpc) is 3.17. The Bertz CT molecular complexity index is 671. The topological polar surface area (TPSA) is 35.9 Å². The second kappa shape index (κ2) is 4.36. The maximum absolute atomic E-state index is 12.4. The van der Waals surface area contributed by atoms with Crippen LogP contribution in [0.1, 0.15) is 23.8 Å². The van der Waals surface area contributed by atoms with Crippen molar-refractivity contribution in [3.63, 3.8) is 0 Å². The first-order valence-electron chi connectivity index (χ1n) is 7.39. The summed E-state index contributed by atoms with van der Waals surface area (Å²) in [4.78, 5) is 22.9. The fraction of sp³-hybridized carbons (Fsp3) is 0.467. The van der Waals surface area contributed by atoms with Crippen LogP contribution in [0.3, 0.4) is 0 Å². The van der Waals surface area contributed by atoms with Crippen molar-refractivity contribution in [3.05, 3.63) is 33.8 Å². The standard InChI is InChI=1S/C15H15N3OS2/c19-11-8-21-15-16-12-9-3-5-17(6-4-9)14(12)13(18(11)15)10-2-1-7-20-10/h1-2,7,9,13H,3-6,8H2. The van der Waals surface area contributed by atoms with Gasteiger partial charge >= 0.3 is 0 Å². The van der Waals surface area contributed by atoms with Gasteiger partial charge in [0.1, 0.15) is 6.04 Å². The molecule has 0 aliphatic carbocycles. The number of carbonyl (C=O) groups is 1. The van der Waals surface area contributed by atoms with E-state index in [9.17, 15) is 4.79 Å². The van der Waals surface area contributed by atoms with Gasteiger partial charge in [0, 0.05) is 23.9 Å². The molecule has 1 unspecified atom stereocenters. The molecule has 2 saturated heterocycles. The number of allylic oxidation sites excluding steroid dienone is 1. The van der Waals surface area contributed by atoms with Crippen molar-refractivity contribution in [2.24, 2.45) is 10.9 Å². The van der Waals surface area contributed by atoms with Crippen molar-refractivity contribution in [1.82, 2.24) is 9.80 Å². The van der Waals surface area contributed by atoms with E-state index in [-0.39, 0.29) is 11.9 Å². The molecule has 108 valence electrons. The van der Waals surface area contributed by atoms with Crippen LogP contribution in [0.25, 0.3) is 0 Å². The Balaban J connectivity index is 1.72. The van der Waals surface area contributed by atoms with Crippen LogP contribution in [-0.4, -0.2) is 39.7 Å². The van der Waals surface area contributed by atoms with E-state index in [0.717, 1.165) is 18.3 Å². The minimum atomic E-state index is 0.0677. The number of hydrogen-bond donors (Lipinski definition) is 0. The van der Waals surface area contributed by atoms with Crippen molar-refractivity contribution >= 4 is 34.2 Å². The summed E-state index contributed by atoms with van der Waals surface area (Å²) >= 11 is 3.34. The van der Waals surface area contributed by atoms with Gasteiger partial charge in [-0.3, -0.25) is 9.69 Å². The van der Waals surface area contributed by atoms with Crippen LogP contribution in [-0.2, 0) is 4.79 Å². The van der Waals surface area contributed by atoms with Crippen LogP contribution in [0.2, 0.25) is 0 Å². The minimum absolute atomic E-state index is 0.0677. The molecule has 0 radical (unpaired) electrons. The highest BCUT2D eigenvalue weighted by Gasteiger charge is 2.47. The lowest BCUT2D eigenvalue weighted by atomic mass is 9.84. The minimum Gasteiger partial charge on any atom is -0.371 e. The summed E-state index contributed by atoms with van der Waals surface area (Å²) < 4.78 is 0. The Morgan fingerprint density at radius 1 is 1.29 bits per heavy atom. The van der Waals surface area contributed by atoms with Gasteiger partial charge in [0.2, 0.25) is 5.91 Å². The molecule has 6 heteroatoms. The molecule has 4 nitrogen and oxygen atoms in total. The molecule has 0 spiro atoms. The SMILES string of the molecule is O=C1CSC2=NC3=C(C(c4cccs4)N12)N1CCC3CC1. The first-order chi connectivity index (χ1) is 10.3. The highest BCUT2D eigenvalue weighted by atomic mass is 32.2. The van der Waals surface area contributed by atoms with Crippen LogP contribution in [0.4, 0.5) is 0 Å². The van der Waals surface area contributed by atoms with Crippen molar-refractivity contribution < 1.29 is 4.79 Å².